The summed E-state index contributed by atoms with van der Waals surface area (Å²) in [6.07, 6.45) is 0. The van der Waals surface area contributed by atoms with E-state index < -0.39 is 0 Å². The molecule has 1 aliphatic heterocycles. The highest BCUT2D eigenvalue weighted by atomic mass is 16.6. The van der Waals surface area contributed by atoms with Gasteiger partial charge < -0.3 is 19.5 Å². The Labute approximate surface area is 115 Å². The molecule has 4 nitrogen and oxygen atoms in total. The average Bonchev–Trinajstić information content (AvgIpc) is 2.36. The van der Waals surface area contributed by atoms with E-state index in [1.165, 1.54) is 0 Å². The lowest BCUT2D eigenvalue weighted by Gasteiger charge is -2.22. The molecule has 1 aliphatic rings. The maximum atomic E-state index is 5.62. The van der Waals surface area contributed by atoms with Gasteiger partial charge in [0.05, 0.1) is 7.11 Å². The Morgan fingerprint density at radius 2 is 1.95 bits per heavy atom. The van der Waals surface area contributed by atoms with Gasteiger partial charge in [-0.2, -0.15) is 0 Å². The van der Waals surface area contributed by atoms with E-state index in [1.807, 2.05) is 12.1 Å². The summed E-state index contributed by atoms with van der Waals surface area (Å²) in [4.78, 5) is 0. The third-order valence-corrected chi connectivity index (χ3v) is 2.87. The quantitative estimate of drug-likeness (QED) is 0.908. The summed E-state index contributed by atoms with van der Waals surface area (Å²) in [7, 11) is 1.65. The molecule has 0 radical (unpaired) electrons. The largest absolute Gasteiger partial charge is 0.493 e. The number of methoxy groups -OCH3 is 1. The highest BCUT2D eigenvalue weighted by Crippen LogP contribution is 2.40. The van der Waals surface area contributed by atoms with Gasteiger partial charge in [-0.15, -0.1) is 0 Å². The van der Waals surface area contributed by atoms with E-state index in [-0.39, 0.29) is 5.41 Å². The van der Waals surface area contributed by atoms with Gasteiger partial charge in [-0.25, -0.2) is 0 Å². The molecule has 0 spiro atoms. The van der Waals surface area contributed by atoms with E-state index in [4.69, 9.17) is 14.2 Å². The molecule has 4 heteroatoms. The first-order valence-electron chi connectivity index (χ1n) is 6.67. The Balaban J connectivity index is 2.09. The average molecular weight is 265 g/mol. The fourth-order valence-corrected chi connectivity index (χ4v) is 2.01. The lowest BCUT2D eigenvalue weighted by Crippen LogP contribution is -2.26. The molecule has 0 fully saturated rings. The van der Waals surface area contributed by atoms with Crippen LogP contribution in [0.25, 0.3) is 0 Å². The summed E-state index contributed by atoms with van der Waals surface area (Å²) in [6.45, 7) is 9.56. The van der Waals surface area contributed by atoms with Gasteiger partial charge in [-0.3, -0.25) is 0 Å². The van der Waals surface area contributed by atoms with Gasteiger partial charge in [0.15, 0.2) is 11.5 Å². The van der Waals surface area contributed by atoms with Crippen molar-refractivity contribution >= 4 is 0 Å². The minimum Gasteiger partial charge on any atom is -0.493 e. The second-order valence-corrected chi connectivity index (χ2v) is 5.99. The maximum absolute atomic E-state index is 5.62. The first-order valence-corrected chi connectivity index (χ1v) is 6.67. The normalized spacial score (nSPS) is 14.3. The molecule has 19 heavy (non-hydrogen) atoms. The Hall–Kier alpha value is -1.42. The van der Waals surface area contributed by atoms with Crippen molar-refractivity contribution in [3.8, 4) is 17.2 Å². The molecule has 1 aromatic rings. The molecule has 0 bridgehead atoms. The van der Waals surface area contributed by atoms with Crippen LogP contribution in [0.2, 0.25) is 0 Å². The molecule has 0 aliphatic carbocycles. The second-order valence-electron chi connectivity index (χ2n) is 5.99. The minimum atomic E-state index is 0.276. The number of hydrogen-bond donors (Lipinski definition) is 1. The number of nitrogens with one attached hydrogen (secondary N) is 1. The highest BCUT2D eigenvalue weighted by molar-refractivity contribution is 5.54. The van der Waals surface area contributed by atoms with Crippen LogP contribution in [0.5, 0.6) is 17.2 Å². The zero-order valence-electron chi connectivity index (χ0n) is 12.2. The Kier molecular flexibility index (Phi) is 4.20. The lowest BCUT2D eigenvalue weighted by molar-refractivity contribution is 0.165. The molecule has 2 rings (SSSR count). The van der Waals surface area contributed by atoms with Crippen LogP contribution < -0.4 is 19.5 Å². The topological polar surface area (TPSA) is 39.7 Å². The van der Waals surface area contributed by atoms with E-state index in [0.717, 1.165) is 30.2 Å². The van der Waals surface area contributed by atoms with Crippen molar-refractivity contribution in [1.29, 1.82) is 0 Å². The number of rotatable bonds is 4. The number of hydrogen-bond acceptors (Lipinski definition) is 4. The molecule has 0 unspecified atom stereocenters. The first kappa shape index (κ1) is 14.0. The van der Waals surface area contributed by atoms with Gasteiger partial charge in [-0.1, -0.05) is 20.8 Å². The van der Waals surface area contributed by atoms with E-state index in [9.17, 15) is 0 Å². The molecule has 0 saturated heterocycles. The third kappa shape index (κ3) is 3.77. The number of benzene rings is 1. The monoisotopic (exact) mass is 265 g/mol. The Morgan fingerprint density at radius 3 is 2.63 bits per heavy atom. The molecular formula is C15H23NO3. The zero-order chi connectivity index (χ0) is 13.9. The molecule has 1 N–H and O–H groups in total. The SMILES string of the molecule is COc1cc(CNCC(C)(C)C)cc2c1OCCO2. The van der Waals surface area contributed by atoms with Crippen molar-refractivity contribution in [2.24, 2.45) is 5.41 Å². The van der Waals surface area contributed by atoms with Crippen LogP contribution in [0.15, 0.2) is 12.1 Å². The summed E-state index contributed by atoms with van der Waals surface area (Å²) in [5.74, 6) is 2.23. The molecule has 0 atom stereocenters. The summed E-state index contributed by atoms with van der Waals surface area (Å²) < 4.78 is 16.6. The number of fused-ring (bicyclic) bond motifs is 1. The third-order valence-electron chi connectivity index (χ3n) is 2.87. The van der Waals surface area contributed by atoms with Gasteiger partial charge in [0.2, 0.25) is 5.75 Å². The van der Waals surface area contributed by atoms with Crippen molar-refractivity contribution in [3.63, 3.8) is 0 Å². The summed E-state index contributed by atoms with van der Waals surface area (Å²) in [5, 5.41) is 3.45. The van der Waals surface area contributed by atoms with Crippen LogP contribution in [0.1, 0.15) is 26.3 Å². The van der Waals surface area contributed by atoms with E-state index in [1.54, 1.807) is 7.11 Å². The van der Waals surface area contributed by atoms with Crippen LogP contribution in [0.3, 0.4) is 0 Å². The van der Waals surface area contributed by atoms with Gasteiger partial charge in [0.25, 0.3) is 0 Å². The van der Waals surface area contributed by atoms with Crippen molar-refractivity contribution in [1.82, 2.24) is 5.32 Å². The van der Waals surface area contributed by atoms with Crippen molar-refractivity contribution in [3.05, 3.63) is 17.7 Å². The summed E-state index contributed by atoms with van der Waals surface area (Å²) in [6, 6.07) is 4.02. The first-order chi connectivity index (χ1) is 8.99. The summed E-state index contributed by atoms with van der Waals surface area (Å²) in [5.41, 5.74) is 1.42. The summed E-state index contributed by atoms with van der Waals surface area (Å²) >= 11 is 0. The van der Waals surface area contributed by atoms with Crippen LogP contribution in [0.4, 0.5) is 0 Å². The molecule has 1 heterocycles. The fraction of sp³-hybridized carbons (Fsp3) is 0.600. The molecule has 0 saturated carbocycles. The van der Waals surface area contributed by atoms with Gasteiger partial charge >= 0.3 is 0 Å². The fourth-order valence-electron chi connectivity index (χ4n) is 2.01. The molecule has 0 amide bonds. The Morgan fingerprint density at radius 1 is 1.21 bits per heavy atom. The van der Waals surface area contributed by atoms with Crippen molar-refractivity contribution in [2.75, 3.05) is 26.9 Å². The molecular weight excluding hydrogens is 242 g/mol. The van der Waals surface area contributed by atoms with Gasteiger partial charge in [0.1, 0.15) is 13.2 Å². The lowest BCUT2D eigenvalue weighted by atomic mass is 9.97. The van der Waals surface area contributed by atoms with Crippen LogP contribution in [-0.4, -0.2) is 26.9 Å². The van der Waals surface area contributed by atoms with Crippen molar-refractivity contribution in [2.45, 2.75) is 27.3 Å². The molecule has 0 aromatic heterocycles. The van der Waals surface area contributed by atoms with Gasteiger partial charge in [0, 0.05) is 13.1 Å². The highest BCUT2D eigenvalue weighted by Gasteiger charge is 2.18. The predicted octanol–water partition coefficient (Wildman–Crippen LogP) is 2.60. The standard InChI is InChI=1S/C15H23NO3/c1-15(2,3)10-16-9-11-7-12(17-4)14-13(8-11)18-5-6-19-14/h7-8,16H,5-6,9-10H2,1-4H3. The van der Waals surface area contributed by atoms with Crippen LogP contribution in [-0.2, 0) is 6.54 Å². The van der Waals surface area contributed by atoms with Crippen LogP contribution >= 0.6 is 0 Å². The smallest absolute Gasteiger partial charge is 0.203 e. The zero-order valence-corrected chi connectivity index (χ0v) is 12.2. The minimum absolute atomic E-state index is 0.276. The van der Waals surface area contributed by atoms with Crippen molar-refractivity contribution < 1.29 is 14.2 Å². The molecule has 106 valence electrons. The Bertz CT molecular complexity index is 421. The maximum Gasteiger partial charge on any atom is 0.203 e. The predicted molar refractivity (Wildman–Crippen MR) is 75.1 cm³/mol. The van der Waals surface area contributed by atoms with E-state index >= 15 is 0 Å². The van der Waals surface area contributed by atoms with Crippen LogP contribution in [0, 0.1) is 5.41 Å². The van der Waals surface area contributed by atoms with Gasteiger partial charge in [-0.05, 0) is 23.1 Å². The molecule has 1 aromatic carbocycles. The second kappa shape index (κ2) is 5.70. The number of ether oxygens (including phenoxy) is 3. The van der Waals surface area contributed by atoms with E-state index in [0.29, 0.717) is 19.0 Å². The van der Waals surface area contributed by atoms with E-state index in [2.05, 4.69) is 26.1 Å².